The molecule has 148 valence electrons. The zero-order valence-corrected chi connectivity index (χ0v) is 16.0. The van der Waals surface area contributed by atoms with E-state index in [2.05, 4.69) is 6.92 Å². The van der Waals surface area contributed by atoms with Gasteiger partial charge in [0.05, 0.1) is 18.3 Å². The van der Waals surface area contributed by atoms with Crippen LogP contribution in [0.1, 0.15) is 84.5 Å². The van der Waals surface area contributed by atoms with Gasteiger partial charge in [0.2, 0.25) is 0 Å². The summed E-state index contributed by atoms with van der Waals surface area (Å²) in [6.07, 6.45) is 11.6. The average Bonchev–Trinajstić information content (AvgIpc) is 2.58. The molecule has 0 aliphatic rings. The van der Waals surface area contributed by atoms with Crippen molar-refractivity contribution in [1.29, 1.82) is 0 Å². The topological polar surface area (TPSA) is 87.0 Å². The van der Waals surface area contributed by atoms with E-state index in [1.807, 2.05) is 13.0 Å². The molecule has 0 aromatic rings. The minimum Gasteiger partial charge on any atom is -0.481 e. The zero-order chi connectivity index (χ0) is 18.9. The van der Waals surface area contributed by atoms with E-state index in [-0.39, 0.29) is 12.5 Å². The third-order valence-corrected chi connectivity index (χ3v) is 4.28. The molecule has 0 fully saturated rings. The van der Waals surface area contributed by atoms with Crippen LogP contribution in [0.5, 0.6) is 0 Å². The van der Waals surface area contributed by atoms with Crippen molar-refractivity contribution in [2.45, 2.75) is 103 Å². The number of carboxylic acid groups (broad SMARTS) is 1. The van der Waals surface area contributed by atoms with Crippen molar-refractivity contribution in [1.82, 2.24) is 0 Å². The number of ether oxygens (including phenoxy) is 1. The smallest absolute Gasteiger partial charge is 0.303 e. The highest BCUT2D eigenvalue weighted by Gasteiger charge is 2.13. The summed E-state index contributed by atoms with van der Waals surface area (Å²) in [6, 6.07) is 0. The number of hydrogen-bond acceptors (Lipinski definition) is 4. The van der Waals surface area contributed by atoms with Crippen molar-refractivity contribution in [3.8, 4) is 0 Å². The highest BCUT2D eigenvalue weighted by Crippen LogP contribution is 2.13. The van der Waals surface area contributed by atoms with E-state index in [9.17, 15) is 15.0 Å². The highest BCUT2D eigenvalue weighted by atomic mass is 16.5. The quantitative estimate of drug-likeness (QED) is 0.269. The summed E-state index contributed by atoms with van der Waals surface area (Å²) in [5, 5.41) is 28.5. The lowest BCUT2D eigenvalue weighted by Gasteiger charge is -2.17. The number of aliphatic carboxylic acids is 1. The number of aliphatic hydroxyl groups is 2. The van der Waals surface area contributed by atoms with Crippen molar-refractivity contribution in [2.75, 3.05) is 6.61 Å². The molecule has 0 aliphatic carbocycles. The van der Waals surface area contributed by atoms with Crippen LogP contribution in [0.3, 0.4) is 0 Å². The van der Waals surface area contributed by atoms with Crippen LogP contribution in [0.15, 0.2) is 12.2 Å². The Balaban J connectivity index is 3.99. The molecule has 0 heterocycles. The molecule has 0 rings (SSSR count). The summed E-state index contributed by atoms with van der Waals surface area (Å²) in [4.78, 5) is 10.4. The first-order valence-corrected chi connectivity index (χ1v) is 9.89. The monoisotopic (exact) mass is 358 g/mol. The minimum atomic E-state index is -0.837. The molecule has 3 unspecified atom stereocenters. The molecule has 0 radical (unpaired) electrons. The Hall–Kier alpha value is -0.910. The van der Waals surface area contributed by atoms with Crippen LogP contribution >= 0.6 is 0 Å². The van der Waals surface area contributed by atoms with Crippen molar-refractivity contribution >= 4 is 5.97 Å². The predicted molar refractivity (Wildman–Crippen MR) is 101 cm³/mol. The van der Waals surface area contributed by atoms with Crippen molar-refractivity contribution in [2.24, 2.45) is 0 Å². The summed E-state index contributed by atoms with van der Waals surface area (Å²) < 4.78 is 5.67. The maximum absolute atomic E-state index is 10.4. The van der Waals surface area contributed by atoms with Gasteiger partial charge in [-0.15, -0.1) is 0 Å². The van der Waals surface area contributed by atoms with E-state index in [0.29, 0.717) is 13.0 Å². The van der Waals surface area contributed by atoms with Crippen LogP contribution in [0.4, 0.5) is 0 Å². The number of hydrogen-bond donors (Lipinski definition) is 3. The fraction of sp³-hybridized carbons (Fsp3) is 0.850. The Bertz CT molecular complexity index is 343. The molecule has 0 saturated heterocycles. The Morgan fingerprint density at radius 2 is 1.56 bits per heavy atom. The Morgan fingerprint density at radius 1 is 0.920 bits per heavy atom. The van der Waals surface area contributed by atoms with Crippen LogP contribution in [-0.4, -0.2) is 46.2 Å². The minimum absolute atomic E-state index is 0.0403. The van der Waals surface area contributed by atoms with Gasteiger partial charge in [0.15, 0.2) is 0 Å². The first kappa shape index (κ1) is 24.1. The van der Waals surface area contributed by atoms with Gasteiger partial charge in [-0.25, -0.2) is 0 Å². The number of carboxylic acids is 1. The van der Waals surface area contributed by atoms with Crippen molar-refractivity contribution in [3.63, 3.8) is 0 Å². The molecule has 5 nitrogen and oxygen atoms in total. The highest BCUT2D eigenvalue weighted by molar-refractivity contribution is 5.66. The van der Waals surface area contributed by atoms with Gasteiger partial charge in [-0.05, 0) is 26.2 Å². The fourth-order valence-corrected chi connectivity index (χ4v) is 2.74. The van der Waals surface area contributed by atoms with E-state index in [0.717, 1.165) is 57.8 Å². The van der Waals surface area contributed by atoms with Crippen LogP contribution in [-0.2, 0) is 9.53 Å². The summed E-state index contributed by atoms with van der Waals surface area (Å²) in [7, 11) is 0. The number of unbranched alkanes of at least 4 members (excludes halogenated alkanes) is 6. The molecule has 0 spiro atoms. The maximum atomic E-state index is 10.4. The summed E-state index contributed by atoms with van der Waals surface area (Å²) >= 11 is 0. The summed E-state index contributed by atoms with van der Waals surface area (Å²) in [5.41, 5.74) is 0. The average molecular weight is 359 g/mol. The molecule has 3 N–H and O–H groups in total. The Labute approximate surface area is 153 Å². The predicted octanol–water partition coefficient (Wildman–Crippen LogP) is 4.07. The summed E-state index contributed by atoms with van der Waals surface area (Å²) in [6.45, 7) is 4.67. The van der Waals surface area contributed by atoms with Gasteiger partial charge in [0.1, 0.15) is 0 Å². The van der Waals surface area contributed by atoms with Crippen LogP contribution in [0.2, 0.25) is 0 Å². The third kappa shape index (κ3) is 15.1. The molecule has 0 aromatic carbocycles. The Kier molecular flexibility index (Phi) is 16.0. The third-order valence-electron chi connectivity index (χ3n) is 4.28. The van der Waals surface area contributed by atoms with Crippen molar-refractivity contribution < 1.29 is 24.9 Å². The first-order chi connectivity index (χ1) is 12.0. The van der Waals surface area contributed by atoms with Crippen LogP contribution in [0.25, 0.3) is 0 Å². The first-order valence-electron chi connectivity index (χ1n) is 9.89. The van der Waals surface area contributed by atoms with E-state index in [4.69, 9.17) is 9.84 Å². The van der Waals surface area contributed by atoms with Gasteiger partial charge in [0.25, 0.3) is 0 Å². The van der Waals surface area contributed by atoms with Gasteiger partial charge in [-0.2, -0.15) is 0 Å². The van der Waals surface area contributed by atoms with E-state index >= 15 is 0 Å². The molecule has 3 atom stereocenters. The lowest BCUT2D eigenvalue weighted by atomic mass is 10.0. The Morgan fingerprint density at radius 3 is 2.20 bits per heavy atom. The molecular formula is C20H38O5. The lowest BCUT2D eigenvalue weighted by Crippen LogP contribution is -2.24. The molecule has 25 heavy (non-hydrogen) atoms. The number of rotatable bonds is 17. The number of carbonyl (C=O) groups is 1. The second kappa shape index (κ2) is 16.6. The van der Waals surface area contributed by atoms with E-state index in [1.165, 1.54) is 0 Å². The fourth-order valence-electron chi connectivity index (χ4n) is 2.74. The molecule has 5 heteroatoms. The van der Waals surface area contributed by atoms with Gasteiger partial charge >= 0.3 is 5.97 Å². The normalized spacial score (nSPS) is 15.4. The van der Waals surface area contributed by atoms with Gasteiger partial charge in [-0.1, -0.05) is 64.0 Å². The van der Waals surface area contributed by atoms with E-state index < -0.39 is 18.2 Å². The van der Waals surface area contributed by atoms with E-state index in [1.54, 1.807) is 6.08 Å². The largest absolute Gasteiger partial charge is 0.481 e. The molecule has 0 saturated carbocycles. The molecule has 0 aromatic heterocycles. The van der Waals surface area contributed by atoms with Crippen molar-refractivity contribution in [3.05, 3.63) is 12.2 Å². The number of aliphatic hydroxyl groups excluding tert-OH is 2. The van der Waals surface area contributed by atoms with Gasteiger partial charge in [-0.3, -0.25) is 4.79 Å². The van der Waals surface area contributed by atoms with Gasteiger partial charge < -0.3 is 20.1 Å². The van der Waals surface area contributed by atoms with Gasteiger partial charge in [0, 0.05) is 13.0 Å². The zero-order valence-electron chi connectivity index (χ0n) is 16.0. The molecule has 0 bridgehead atoms. The lowest BCUT2D eigenvalue weighted by molar-refractivity contribution is -0.137. The summed E-state index contributed by atoms with van der Waals surface area (Å²) in [5.74, 6) is -0.725. The molecular weight excluding hydrogens is 320 g/mol. The SMILES string of the molecule is CCCCCC(O)C(O)C=CC(CCCCCCCC(=O)O)OCC. The molecule has 0 amide bonds. The maximum Gasteiger partial charge on any atom is 0.303 e. The van der Waals surface area contributed by atoms with Crippen LogP contribution < -0.4 is 0 Å². The second-order valence-electron chi connectivity index (χ2n) is 6.63. The standard InChI is InChI=1S/C20H38O5/c1-3-5-9-13-18(21)19(22)16-15-17(25-4-2)12-10-7-6-8-11-14-20(23)24/h15-19,21-22H,3-14H2,1-2H3,(H,23,24). The van der Waals surface area contributed by atoms with Crippen LogP contribution in [0, 0.1) is 0 Å². The molecule has 0 aliphatic heterocycles. The second-order valence-corrected chi connectivity index (χ2v) is 6.63.